The Morgan fingerprint density at radius 1 is 1.03 bits per heavy atom. The van der Waals surface area contributed by atoms with E-state index >= 15 is 0 Å². The van der Waals surface area contributed by atoms with E-state index in [1.807, 2.05) is 13.1 Å². The molecule has 9 nitrogen and oxygen atoms in total. The van der Waals surface area contributed by atoms with Crippen molar-refractivity contribution in [1.29, 1.82) is 0 Å². The van der Waals surface area contributed by atoms with Gasteiger partial charge in [-0.15, -0.1) is 0 Å². The van der Waals surface area contributed by atoms with Crippen LogP contribution >= 0.6 is 11.3 Å². The maximum atomic E-state index is 9.22. The van der Waals surface area contributed by atoms with E-state index in [1.165, 1.54) is 10.5 Å². The molecule has 192 valence electrons. The van der Waals surface area contributed by atoms with Gasteiger partial charge in [0.05, 0.1) is 30.5 Å². The van der Waals surface area contributed by atoms with Gasteiger partial charge < -0.3 is 14.0 Å². The van der Waals surface area contributed by atoms with Gasteiger partial charge in [0.15, 0.2) is 0 Å². The van der Waals surface area contributed by atoms with Crippen molar-refractivity contribution in [3.05, 3.63) is 60.8 Å². The first-order chi connectivity index (χ1) is 17.2. The lowest BCUT2D eigenvalue weighted by Crippen LogP contribution is -2.26. The van der Waals surface area contributed by atoms with Crippen LogP contribution in [0.15, 0.2) is 71.0 Å². The van der Waals surface area contributed by atoms with Crippen LogP contribution in [0.1, 0.15) is 20.8 Å². The number of fused-ring (bicyclic) bond motifs is 1. The van der Waals surface area contributed by atoms with Gasteiger partial charge in [-0.2, -0.15) is 0 Å². The molecule has 36 heavy (non-hydrogen) atoms. The number of aromatic nitrogens is 2. The molecular formula is C25H31N5O4S2. The third kappa shape index (κ3) is 6.35. The molecule has 0 radical (unpaired) electrons. The zero-order chi connectivity index (χ0) is 26.3. The van der Waals surface area contributed by atoms with Crippen molar-refractivity contribution in [2.45, 2.75) is 27.3 Å². The molecule has 4 aromatic rings. The Bertz CT molecular complexity index is 1430. The molecule has 11 heteroatoms. The Balaban J connectivity index is 0.000000538. The van der Waals surface area contributed by atoms with Crippen molar-refractivity contribution in [1.82, 2.24) is 4.57 Å². The minimum Gasteiger partial charge on any atom is -0.726 e. The number of aryl methyl sites for hydroxylation is 2. The van der Waals surface area contributed by atoms with Gasteiger partial charge in [-0.1, -0.05) is 48.5 Å². The molecule has 0 amide bonds. The molecule has 0 atom stereocenters. The molecule has 0 spiro atoms. The van der Waals surface area contributed by atoms with Gasteiger partial charge in [0.2, 0.25) is 10.4 Å². The monoisotopic (exact) mass is 529 g/mol. The summed E-state index contributed by atoms with van der Waals surface area (Å²) in [6.07, 6.45) is 2.14. The van der Waals surface area contributed by atoms with Crippen LogP contribution in [0.2, 0.25) is 0 Å². The Morgan fingerprint density at radius 2 is 1.64 bits per heavy atom. The lowest BCUT2D eigenvalue weighted by atomic mass is 10.1. The highest BCUT2D eigenvalue weighted by Gasteiger charge is 2.21. The summed E-state index contributed by atoms with van der Waals surface area (Å²) in [7, 11) is -1.57. The fourth-order valence-corrected chi connectivity index (χ4v) is 4.94. The summed E-state index contributed by atoms with van der Waals surface area (Å²) in [5.41, 5.74) is 4.39. The van der Waals surface area contributed by atoms with Gasteiger partial charge in [0, 0.05) is 30.6 Å². The Morgan fingerprint density at radius 3 is 2.22 bits per heavy atom. The first-order valence-corrected chi connectivity index (χ1v) is 13.7. The fourth-order valence-electron chi connectivity index (χ4n) is 3.88. The molecule has 0 aliphatic carbocycles. The van der Waals surface area contributed by atoms with Crippen molar-refractivity contribution >= 4 is 48.5 Å². The van der Waals surface area contributed by atoms with Crippen LogP contribution in [0.5, 0.6) is 0 Å². The number of hydrogen-bond acceptors (Lipinski definition) is 8. The van der Waals surface area contributed by atoms with Crippen molar-refractivity contribution in [2.24, 2.45) is 17.3 Å². The maximum Gasteiger partial charge on any atom is 0.410 e. The number of anilines is 1. The highest BCUT2D eigenvalue weighted by atomic mass is 32.3. The largest absolute Gasteiger partial charge is 0.726 e. The molecule has 0 aliphatic heterocycles. The van der Waals surface area contributed by atoms with Gasteiger partial charge in [-0.25, -0.2) is 13.0 Å². The number of nitrogens with zero attached hydrogens (tertiary/aromatic N) is 5. The number of para-hydroxylation sites is 1. The fraction of sp³-hybridized carbons (Fsp3) is 0.320. The lowest BCUT2D eigenvalue weighted by molar-refractivity contribution is -0.653. The van der Waals surface area contributed by atoms with Crippen LogP contribution in [0.25, 0.3) is 22.2 Å². The Hall–Kier alpha value is -3.12. The molecule has 0 bridgehead atoms. The minimum absolute atomic E-state index is 0.808. The summed E-state index contributed by atoms with van der Waals surface area (Å²) in [6, 6.07) is 18.9. The van der Waals surface area contributed by atoms with Crippen LogP contribution in [0.4, 0.5) is 15.8 Å². The zero-order valence-electron chi connectivity index (χ0n) is 21.1. The van der Waals surface area contributed by atoms with E-state index in [9.17, 15) is 13.0 Å². The highest BCUT2D eigenvalue weighted by Crippen LogP contribution is 2.41. The normalized spacial score (nSPS) is 11.6. The number of azo groups is 1. The summed E-state index contributed by atoms with van der Waals surface area (Å²) in [5.74, 6) is 0. The molecule has 0 unspecified atom stereocenters. The van der Waals surface area contributed by atoms with Crippen LogP contribution < -0.4 is 9.47 Å². The molecule has 0 saturated carbocycles. The second-order valence-corrected chi connectivity index (χ2v) is 9.87. The number of rotatable bonds is 8. The standard InChI is InChI=1S/C24H28N5S.CH4O4S/c1-5-28(6-2)21-17-27(4)24(30-21)26-25-22-19-15-11-12-16-20(19)29(7-3)23(22)18-13-9-8-10-14-18;1-5-6(2,3)4/h8-17H,5-7H2,1-4H3;1H3,(H,2,3,4)/q+1;/p-1. The number of benzene rings is 2. The van der Waals surface area contributed by atoms with E-state index in [2.05, 4.69) is 93.7 Å². The summed E-state index contributed by atoms with van der Waals surface area (Å²) >= 11 is 1.68. The summed E-state index contributed by atoms with van der Waals surface area (Å²) in [5, 5.41) is 12.7. The van der Waals surface area contributed by atoms with Crippen LogP contribution in [-0.2, 0) is 28.2 Å². The second-order valence-electron chi connectivity index (χ2n) is 7.73. The molecular weight excluding hydrogens is 498 g/mol. The van der Waals surface area contributed by atoms with E-state index in [-0.39, 0.29) is 0 Å². The molecule has 2 aromatic carbocycles. The van der Waals surface area contributed by atoms with Gasteiger partial charge in [-0.3, -0.25) is 4.18 Å². The van der Waals surface area contributed by atoms with Crippen molar-refractivity contribution in [3.63, 3.8) is 0 Å². The third-order valence-electron chi connectivity index (χ3n) is 5.62. The summed E-state index contributed by atoms with van der Waals surface area (Å²) in [6.45, 7) is 9.37. The SMILES string of the molecule is CCN(CC)c1c[n+](C)c(N=Nc2c(-c3ccccc3)n(CC)c3ccccc23)s1.COS(=O)(=O)[O-]. The molecule has 4 rings (SSSR count). The quantitative estimate of drug-likeness (QED) is 0.128. The van der Waals surface area contributed by atoms with Crippen molar-refractivity contribution in [3.8, 4) is 11.3 Å². The molecule has 2 heterocycles. The van der Waals surface area contributed by atoms with Gasteiger partial charge in [-0.05, 0) is 43.3 Å². The van der Waals surface area contributed by atoms with Crippen molar-refractivity contribution in [2.75, 3.05) is 25.1 Å². The van der Waals surface area contributed by atoms with Gasteiger partial charge in [0.1, 0.15) is 16.9 Å². The maximum absolute atomic E-state index is 9.22. The molecule has 0 saturated heterocycles. The molecule has 0 aliphatic rings. The Kier molecular flexibility index (Phi) is 9.32. The van der Waals surface area contributed by atoms with Gasteiger partial charge in [0.25, 0.3) is 0 Å². The average molecular weight is 530 g/mol. The van der Waals surface area contributed by atoms with Crippen LogP contribution in [0.3, 0.4) is 0 Å². The number of thiazole rings is 1. The summed E-state index contributed by atoms with van der Waals surface area (Å²) < 4.78 is 35.4. The van der Waals surface area contributed by atoms with Gasteiger partial charge >= 0.3 is 5.13 Å². The third-order valence-corrected chi connectivity index (χ3v) is 7.16. The minimum atomic E-state index is -4.41. The van der Waals surface area contributed by atoms with Crippen LogP contribution in [0, 0.1) is 0 Å². The molecule has 0 fully saturated rings. The smallest absolute Gasteiger partial charge is 0.410 e. The first kappa shape index (κ1) is 27.5. The topological polar surface area (TPSA) is 103 Å². The average Bonchev–Trinajstić information content (AvgIpc) is 3.41. The zero-order valence-corrected chi connectivity index (χ0v) is 22.7. The van der Waals surface area contributed by atoms with E-state index in [0.29, 0.717) is 0 Å². The lowest BCUT2D eigenvalue weighted by Gasteiger charge is -2.16. The predicted octanol–water partition coefficient (Wildman–Crippen LogP) is 5.57. The Labute approximate surface area is 216 Å². The van der Waals surface area contributed by atoms with E-state index in [4.69, 9.17) is 10.2 Å². The van der Waals surface area contributed by atoms with Crippen molar-refractivity contribution < 1.29 is 21.7 Å². The first-order valence-electron chi connectivity index (χ1n) is 11.6. The van der Waals surface area contributed by atoms with E-state index in [0.717, 1.165) is 54.2 Å². The number of hydrogen-bond donors (Lipinski definition) is 0. The molecule has 2 aromatic heterocycles. The predicted molar refractivity (Wildman–Crippen MR) is 143 cm³/mol. The second kappa shape index (κ2) is 12.2. The van der Waals surface area contributed by atoms with E-state index < -0.39 is 10.4 Å². The van der Waals surface area contributed by atoms with E-state index in [1.54, 1.807) is 11.3 Å². The highest BCUT2D eigenvalue weighted by molar-refractivity contribution is 7.80. The summed E-state index contributed by atoms with van der Waals surface area (Å²) in [4.78, 5) is 2.34. The molecule has 0 N–H and O–H groups in total. The van der Waals surface area contributed by atoms with Crippen LogP contribution in [-0.4, -0.2) is 37.7 Å².